The van der Waals surface area contributed by atoms with Gasteiger partial charge in [-0.3, -0.25) is 4.79 Å². The van der Waals surface area contributed by atoms with Crippen LogP contribution in [0.25, 0.3) is 10.9 Å². The summed E-state index contributed by atoms with van der Waals surface area (Å²) in [6.45, 7) is 3.95. The van der Waals surface area contributed by atoms with Crippen LogP contribution in [-0.2, 0) is 7.05 Å². The van der Waals surface area contributed by atoms with Crippen molar-refractivity contribution in [3.8, 4) is 5.75 Å². The molecule has 26 heavy (non-hydrogen) atoms. The van der Waals surface area contributed by atoms with Gasteiger partial charge in [0.25, 0.3) is 5.91 Å². The number of rotatable bonds is 5. The van der Waals surface area contributed by atoms with E-state index in [9.17, 15) is 4.79 Å². The molecule has 1 N–H and O–H groups in total. The number of aromatic nitrogens is 1. The molecule has 0 aliphatic carbocycles. The highest BCUT2D eigenvalue weighted by atomic mass is 79.9. The number of hydrogen-bond donors (Lipinski definition) is 1. The molecule has 0 atom stereocenters. The van der Waals surface area contributed by atoms with Crippen molar-refractivity contribution in [3.05, 3.63) is 64.3 Å². The Hall–Kier alpha value is -2.60. The average molecular weight is 414 g/mol. The van der Waals surface area contributed by atoms with Gasteiger partial charge in [0, 0.05) is 18.0 Å². The number of carbonyl (C=O) groups excluding carboxylic acids is 1. The highest BCUT2D eigenvalue weighted by Gasteiger charge is 2.12. The quantitative estimate of drug-likeness (QED) is 0.494. The molecular formula is C20H20BrN3O2. The standard InChI is InChI=1S/C20H20BrN3O2/c1-13(2)26-19-9-8-14(10-16(19)21)12-22-23-20(25)18-11-15-6-4-5-7-17(15)24(18)3/h4-13H,1-3H3,(H,23,25)/b22-12+. The third-order valence-corrected chi connectivity index (χ3v) is 4.50. The fraction of sp³-hybridized carbons (Fsp3) is 0.200. The summed E-state index contributed by atoms with van der Waals surface area (Å²) in [4.78, 5) is 12.4. The third kappa shape index (κ3) is 3.96. The van der Waals surface area contributed by atoms with Crippen molar-refractivity contribution in [2.24, 2.45) is 12.1 Å². The van der Waals surface area contributed by atoms with Crippen LogP contribution >= 0.6 is 15.9 Å². The minimum atomic E-state index is -0.251. The highest BCUT2D eigenvalue weighted by molar-refractivity contribution is 9.10. The largest absolute Gasteiger partial charge is 0.490 e. The Morgan fingerprint density at radius 3 is 2.69 bits per heavy atom. The van der Waals surface area contributed by atoms with Crippen molar-refractivity contribution in [3.63, 3.8) is 0 Å². The van der Waals surface area contributed by atoms with Gasteiger partial charge in [0.15, 0.2) is 0 Å². The molecule has 6 heteroatoms. The van der Waals surface area contributed by atoms with Gasteiger partial charge in [-0.05, 0) is 65.7 Å². The van der Waals surface area contributed by atoms with Crippen LogP contribution in [0.15, 0.2) is 58.1 Å². The first-order valence-corrected chi connectivity index (χ1v) is 9.09. The van der Waals surface area contributed by atoms with E-state index in [1.165, 1.54) is 0 Å². The van der Waals surface area contributed by atoms with Crippen LogP contribution in [0.2, 0.25) is 0 Å². The average Bonchev–Trinajstić information content (AvgIpc) is 2.94. The number of ether oxygens (including phenoxy) is 1. The van der Waals surface area contributed by atoms with E-state index in [1.807, 2.05) is 74.0 Å². The molecule has 0 fully saturated rings. The number of nitrogens with one attached hydrogen (secondary N) is 1. The number of benzene rings is 2. The first-order valence-electron chi connectivity index (χ1n) is 8.30. The first kappa shape index (κ1) is 18.2. The Labute approximate surface area is 160 Å². The Kier molecular flexibility index (Phi) is 5.42. The SMILES string of the molecule is CC(C)Oc1ccc(/C=N/NC(=O)c2cc3ccccc3n2C)cc1Br. The van der Waals surface area contributed by atoms with Gasteiger partial charge in [0.2, 0.25) is 0 Å². The van der Waals surface area contributed by atoms with E-state index in [0.717, 1.165) is 26.7 Å². The fourth-order valence-corrected chi connectivity index (χ4v) is 3.17. The monoisotopic (exact) mass is 413 g/mol. The number of carbonyl (C=O) groups is 1. The lowest BCUT2D eigenvalue weighted by Crippen LogP contribution is -2.20. The maximum Gasteiger partial charge on any atom is 0.287 e. The number of halogens is 1. The summed E-state index contributed by atoms with van der Waals surface area (Å²) in [5, 5.41) is 5.08. The summed E-state index contributed by atoms with van der Waals surface area (Å²) in [5.41, 5.74) is 5.00. The van der Waals surface area contributed by atoms with Gasteiger partial charge < -0.3 is 9.30 Å². The number of hydrogen-bond acceptors (Lipinski definition) is 3. The number of fused-ring (bicyclic) bond motifs is 1. The van der Waals surface area contributed by atoms with E-state index in [0.29, 0.717) is 5.69 Å². The smallest absolute Gasteiger partial charge is 0.287 e. The minimum absolute atomic E-state index is 0.103. The molecule has 3 aromatic rings. The molecule has 3 rings (SSSR count). The van der Waals surface area contributed by atoms with Crippen LogP contribution in [0.4, 0.5) is 0 Å². The van der Waals surface area contributed by atoms with E-state index < -0.39 is 0 Å². The molecule has 0 saturated carbocycles. The van der Waals surface area contributed by atoms with E-state index in [4.69, 9.17) is 4.74 Å². The topological polar surface area (TPSA) is 55.6 Å². The maximum absolute atomic E-state index is 12.4. The molecule has 0 radical (unpaired) electrons. The second-order valence-corrected chi connectivity index (χ2v) is 7.06. The summed E-state index contributed by atoms with van der Waals surface area (Å²) < 4.78 is 8.38. The van der Waals surface area contributed by atoms with Gasteiger partial charge in [-0.25, -0.2) is 5.43 Å². The van der Waals surface area contributed by atoms with Gasteiger partial charge in [-0.1, -0.05) is 18.2 Å². The van der Waals surface area contributed by atoms with E-state index in [1.54, 1.807) is 6.21 Å². The zero-order valence-corrected chi connectivity index (χ0v) is 16.4. The van der Waals surface area contributed by atoms with Crippen LogP contribution in [0.5, 0.6) is 5.75 Å². The van der Waals surface area contributed by atoms with Crippen molar-refractivity contribution < 1.29 is 9.53 Å². The van der Waals surface area contributed by atoms with Gasteiger partial charge in [0.05, 0.1) is 16.8 Å². The van der Waals surface area contributed by atoms with Gasteiger partial charge in [-0.2, -0.15) is 5.10 Å². The lowest BCUT2D eigenvalue weighted by Gasteiger charge is -2.11. The van der Waals surface area contributed by atoms with Gasteiger partial charge in [-0.15, -0.1) is 0 Å². The number of para-hydroxylation sites is 1. The van der Waals surface area contributed by atoms with Crippen LogP contribution in [0.3, 0.4) is 0 Å². The predicted molar refractivity (Wildman–Crippen MR) is 108 cm³/mol. The molecule has 0 saturated heterocycles. The molecule has 1 heterocycles. The molecule has 0 unspecified atom stereocenters. The van der Waals surface area contributed by atoms with E-state index >= 15 is 0 Å². The molecular weight excluding hydrogens is 394 g/mol. The lowest BCUT2D eigenvalue weighted by molar-refractivity contribution is 0.0947. The van der Waals surface area contributed by atoms with Crippen molar-refractivity contribution in [1.29, 1.82) is 0 Å². The van der Waals surface area contributed by atoms with Crippen molar-refractivity contribution in [2.45, 2.75) is 20.0 Å². The summed E-state index contributed by atoms with van der Waals surface area (Å²) in [6.07, 6.45) is 1.70. The lowest BCUT2D eigenvalue weighted by atomic mass is 10.2. The van der Waals surface area contributed by atoms with Crippen molar-refractivity contribution in [1.82, 2.24) is 9.99 Å². The van der Waals surface area contributed by atoms with Crippen LogP contribution in [0, 0.1) is 0 Å². The second kappa shape index (κ2) is 7.74. The molecule has 1 aromatic heterocycles. The molecule has 0 aliphatic heterocycles. The number of nitrogens with zero attached hydrogens (tertiary/aromatic N) is 2. The van der Waals surface area contributed by atoms with Gasteiger partial charge >= 0.3 is 0 Å². The Morgan fingerprint density at radius 2 is 2.00 bits per heavy atom. The Bertz CT molecular complexity index is 976. The number of hydrazone groups is 1. The Morgan fingerprint density at radius 1 is 1.23 bits per heavy atom. The molecule has 2 aromatic carbocycles. The summed E-state index contributed by atoms with van der Waals surface area (Å²) >= 11 is 3.48. The first-order chi connectivity index (χ1) is 12.5. The third-order valence-electron chi connectivity index (χ3n) is 3.88. The summed E-state index contributed by atoms with van der Waals surface area (Å²) in [5.74, 6) is 0.524. The van der Waals surface area contributed by atoms with Crippen molar-refractivity contribution in [2.75, 3.05) is 0 Å². The number of aryl methyl sites for hydroxylation is 1. The molecule has 1 amide bonds. The predicted octanol–water partition coefficient (Wildman–Crippen LogP) is 4.49. The van der Waals surface area contributed by atoms with Crippen LogP contribution < -0.4 is 10.2 Å². The maximum atomic E-state index is 12.4. The zero-order chi connectivity index (χ0) is 18.7. The zero-order valence-electron chi connectivity index (χ0n) is 14.9. The highest BCUT2D eigenvalue weighted by Crippen LogP contribution is 2.26. The Balaban J connectivity index is 1.70. The van der Waals surface area contributed by atoms with Gasteiger partial charge in [0.1, 0.15) is 11.4 Å². The normalized spacial score (nSPS) is 11.4. The van der Waals surface area contributed by atoms with Crippen LogP contribution in [0.1, 0.15) is 29.9 Å². The van der Waals surface area contributed by atoms with Crippen LogP contribution in [-0.4, -0.2) is 22.8 Å². The molecule has 0 bridgehead atoms. The summed E-state index contributed by atoms with van der Waals surface area (Å²) in [6, 6.07) is 15.4. The summed E-state index contributed by atoms with van der Waals surface area (Å²) in [7, 11) is 1.87. The van der Waals surface area contributed by atoms with Crippen molar-refractivity contribution >= 4 is 39.0 Å². The minimum Gasteiger partial charge on any atom is -0.490 e. The molecule has 0 spiro atoms. The number of amides is 1. The molecule has 5 nitrogen and oxygen atoms in total. The second-order valence-electron chi connectivity index (χ2n) is 6.20. The molecule has 0 aliphatic rings. The van der Waals surface area contributed by atoms with E-state index in [2.05, 4.69) is 26.5 Å². The van der Waals surface area contributed by atoms with E-state index in [-0.39, 0.29) is 12.0 Å². The molecule has 134 valence electrons. The fourth-order valence-electron chi connectivity index (χ4n) is 2.68.